The molecule has 2 aromatic carbocycles. The topological polar surface area (TPSA) is 136 Å². The lowest BCUT2D eigenvalue weighted by molar-refractivity contribution is -0.0800. The fourth-order valence-corrected chi connectivity index (χ4v) is 7.50. The van der Waals surface area contributed by atoms with E-state index in [0.29, 0.717) is 6.54 Å². The van der Waals surface area contributed by atoms with Gasteiger partial charge in [0.1, 0.15) is 34.9 Å². The van der Waals surface area contributed by atoms with E-state index in [2.05, 4.69) is 18.5 Å². The van der Waals surface area contributed by atoms with Crippen molar-refractivity contribution in [2.75, 3.05) is 41.3 Å². The molecular weight excluding hydrogens is 773 g/mol. The number of hydrogen-bond acceptors (Lipinski definition) is 11. The van der Waals surface area contributed by atoms with Crippen molar-refractivity contribution in [2.24, 2.45) is 0 Å². The van der Waals surface area contributed by atoms with Crippen LogP contribution in [0.3, 0.4) is 0 Å². The fourth-order valence-electron chi connectivity index (χ4n) is 6.58. The maximum atomic E-state index is 13.1. The van der Waals surface area contributed by atoms with Crippen LogP contribution in [0.1, 0.15) is 86.5 Å². The molecule has 2 aromatic rings. The zero-order chi connectivity index (χ0) is 45.1. The maximum Gasteiger partial charge on any atom is 0.413 e. The van der Waals surface area contributed by atoms with E-state index >= 15 is 0 Å². The molecule has 13 nitrogen and oxygen atoms in total. The number of benzene rings is 2. The van der Waals surface area contributed by atoms with Crippen molar-refractivity contribution in [2.45, 2.75) is 128 Å². The summed E-state index contributed by atoms with van der Waals surface area (Å²) in [5.41, 5.74) is -0.454. The molecule has 2 heterocycles. The van der Waals surface area contributed by atoms with Gasteiger partial charge in [0.2, 0.25) is 0 Å². The standard InChI is InChI=1S/C24H31NO6S.C19H32N2O3.C2H7N/c1-17-12-14-19(15-13-17)32(27,28)29-16-20-21(18-10-8-7-9-11-18)30-24(5,6)25(20)22(26)31-23(2,3)4;1-10-12-14(11-2)16-15(13-20(8)9)21(19(6,7)23-16)17(22)24-18(3,4)5;1-3-2/h7-15,20-21H,16H2,1-6H3;10-12,15-16H,1-2,13H2,3-9H3;3H,1-2H3/b;14-12+;/t20-,21-;15-,16-;/m11./s1. The minimum atomic E-state index is -4.03. The first-order chi connectivity index (χ1) is 27.1. The monoisotopic (exact) mass is 842 g/mol. The zero-order valence-electron chi connectivity index (χ0n) is 38.0. The zero-order valence-corrected chi connectivity index (χ0v) is 38.8. The highest BCUT2D eigenvalue weighted by molar-refractivity contribution is 7.86. The van der Waals surface area contributed by atoms with E-state index in [1.807, 2.05) is 111 Å². The van der Waals surface area contributed by atoms with E-state index in [-0.39, 0.29) is 29.7 Å². The molecule has 0 spiro atoms. The molecule has 14 heteroatoms. The van der Waals surface area contributed by atoms with Gasteiger partial charge in [-0.2, -0.15) is 8.42 Å². The molecule has 4 rings (SSSR count). The Kier molecular flexibility index (Phi) is 18.2. The lowest BCUT2D eigenvalue weighted by atomic mass is 10.0. The molecular formula is C45H70N4O9S. The van der Waals surface area contributed by atoms with Gasteiger partial charge in [-0.1, -0.05) is 79.4 Å². The van der Waals surface area contributed by atoms with Gasteiger partial charge >= 0.3 is 12.2 Å². The molecule has 1 N–H and O–H groups in total. The normalized spacial score (nSPS) is 21.5. The van der Waals surface area contributed by atoms with Gasteiger partial charge in [-0.3, -0.25) is 14.0 Å². The smallest absolute Gasteiger partial charge is 0.413 e. The Labute approximate surface area is 354 Å². The second-order valence-electron chi connectivity index (χ2n) is 17.6. The van der Waals surface area contributed by atoms with E-state index < -0.39 is 51.0 Å². The number of likely N-dealkylation sites (N-methyl/N-ethyl adjacent to an activating group) is 1. The van der Waals surface area contributed by atoms with E-state index in [4.69, 9.17) is 23.1 Å². The van der Waals surface area contributed by atoms with Crippen molar-refractivity contribution in [3.05, 3.63) is 103 Å². The van der Waals surface area contributed by atoms with E-state index in [1.54, 1.807) is 63.8 Å². The first-order valence-corrected chi connectivity index (χ1v) is 21.1. The number of nitrogens with one attached hydrogen (secondary N) is 1. The Balaban J connectivity index is 0.000000396. The second kappa shape index (κ2) is 21.0. The van der Waals surface area contributed by atoms with Gasteiger partial charge in [0.05, 0.1) is 23.6 Å². The van der Waals surface area contributed by atoms with Gasteiger partial charge in [-0.25, -0.2) is 9.59 Å². The molecule has 0 radical (unpaired) electrons. The third-order valence-electron chi connectivity index (χ3n) is 8.79. The minimum Gasteiger partial charge on any atom is -0.444 e. The molecule has 330 valence electrons. The number of aryl methyl sites for hydroxylation is 1. The summed E-state index contributed by atoms with van der Waals surface area (Å²) < 4.78 is 54.7. The van der Waals surface area contributed by atoms with Crippen LogP contribution in [0, 0.1) is 6.92 Å². The first kappa shape index (κ1) is 51.1. The van der Waals surface area contributed by atoms with Crippen LogP contribution in [-0.4, -0.2) is 117 Å². The van der Waals surface area contributed by atoms with E-state index in [9.17, 15) is 18.0 Å². The number of allylic oxidation sites excluding steroid dienone is 2. The molecule has 2 amide bonds. The highest BCUT2D eigenvalue weighted by Crippen LogP contribution is 2.42. The van der Waals surface area contributed by atoms with Gasteiger partial charge in [0.25, 0.3) is 10.1 Å². The number of amides is 2. The van der Waals surface area contributed by atoms with Gasteiger partial charge in [-0.15, -0.1) is 0 Å². The lowest BCUT2D eigenvalue weighted by Gasteiger charge is -2.36. The van der Waals surface area contributed by atoms with Crippen LogP contribution in [0.15, 0.2) is 96.5 Å². The highest BCUT2D eigenvalue weighted by Gasteiger charge is 2.53. The van der Waals surface area contributed by atoms with Crippen molar-refractivity contribution in [1.29, 1.82) is 0 Å². The molecule has 0 aliphatic carbocycles. The predicted octanol–water partition coefficient (Wildman–Crippen LogP) is 8.24. The Morgan fingerprint density at radius 2 is 1.31 bits per heavy atom. The fraction of sp³-hybridized carbons (Fsp3) is 0.556. The average Bonchev–Trinajstić information content (AvgIpc) is 3.53. The molecule has 0 bridgehead atoms. The van der Waals surface area contributed by atoms with Crippen molar-refractivity contribution < 1.29 is 41.1 Å². The first-order valence-electron chi connectivity index (χ1n) is 19.7. The molecule has 0 aromatic heterocycles. The van der Waals surface area contributed by atoms with Crippen LogP contribution in [-0.2, 0) is 33.2 Å². The summed E-state index contributed by atoms with van der Waals surface area (Å²) >= 11 is 0. The maximum absolute atomic E-state index is 13.1. The Morgan fingerprint density at radius 3 is 1.75 bits per heavy atom. The Morgan fingerprint density at radius 1 is 0.831 bits per heavy atom. The molecule has 4 atom stereocenters. The summed E-state index contributed by atoms with van der Waals surface area (Å²) in [7, 11) is 3.67. The van der Waals surface area contributed by atoms with Crippen molar-refractivity contribution >= 4 is 22.3 Å². The summed E-state index contributed by atoms with van der Waals surface area (Å²) in [4.78, 5) is 31.2. The molecule has 0 saturated carbocycles. The molecule has 59 heavy (non-hydrogen) atoms. The second-order valence-corrected chi connectivity index (χ2v) is 19.3. The van der Waals surface area contributed by atoms with Gasteiger partial charge in [0, 0.05) is 6.54 Å². The quantitative estimate of drug-likeness (QED) is 0.183. The van der Waals surface area contributed by atoms with Crippen LogP contribution >= 0.6 is 0 Å². The van der Waals surface area contributed by atoms with Gasteiger partial charge in [-0.05, 0) is 128 Å². The molecule has 2 aliphatic heterocycles. The molecule has 2 saturated heterocycles. The summed E-state index contributed by atoms with van der Waals surface area (Å²) in [5.74, 6) is 0. The summed E-state index contributed by atoms with van der Waals surface area (Å²) in [6.07, 6.45) is 3.48. The number of carbonyl (C=O) groups is 2. The highest BCUT2D eigenvalue weighted by atomic mass is 32.2. The largest absolute Gasteiger partial charge is 0.444 e. The Bertz CT molecular complexity index is 1830. The number of ether oxygens (including phenoxy) is 4. The summed E-state index contributed by atoms with van der Waals surface area (Å²) in [5, 5.41) is 2.75. The van der Waals surface area contributed by atoms with Crippen molar-refractivity contribution in [1.82, 2.24) is 20.0 Å². The average molecular weight is 843 g/mol. The Hall–Kier alpha value is -4.05. The number of hydrogen-bond donors (Lipinski definition) is 1. The van der Waals surface area contributed by atoms with Crippen LogP contribution in [0.5, 0.6) is 0 Å². The number of rotatable bonds is 10. The minimum absolute atomic E-state index is 0.0568. The van der Waals surface area contributed by atoms with Crippen LogP contribution < -0.4 is 5.32 Å². The van der Waals surface area contributed by atoms with E-state index in [0.717, 1.165) is 16.7 Å². The SMILES string of the molecule is C=C/C=C(\C=C)[C@H]1OC(C)(C)N(C(=O)OC(C)(C)C)[C@@H]1CN(C)C.CNC.Cc1ccc(S(=O)(=O)OC[C@@H]2[C@@H](c3ccccc3)OC(C)(C)N2C(=O)OC(C)(C)C)cc1. The third-order valence-corrected chi connectivity index (χ3v) is 10.1. The molecule has 0 unspecified atom stereocenters. The number of nitrogens with zero attached hydrogens (tertiary/aromatic N) is 3. The lowest BCUT2D eigenvalue weighted by Crippen LogP contribution is -2.53. The molecule has 2 fully saturated rings. The van der Waals surface area contributed by atoms with Crippen LogP contribution in [0.2, 0.25) is 0 Å². The van der Waals surface area contributed by atoms with Crippen LogP contribution in [0.4, 0.5) is 9.59 Å². The number of carbonyl (C=O) groups excluding carboxylic acids is 2. The van der Waals surface area contributed by atoms with E-state index in [1.165, 1.54) is 17.0 Å². The predicted molar refractivity (Wildman–Crippen MR) is 233 cm³/mol. The van der Waals surface area contributed by atoms with Crippen LogP contribution in [0.25, 0.3) is 0 Å². The van der Waals surface area contributed by atoms with Crippen molar-refractivity contribution in [3.63, 3.8) is 0 Å². The molecule has 2 aliphatic rings. The third kappa shape index (κ3) is 14.9. The van der Waals surface area contributed by atoms with Gasteiger partial charge in [0.15, 0.2) is 0 Å². The summed E-state index contributed by atoms with van der Waals surface area (Å²) in [6, 6.07) is 14.9. The summed E-state index contributed by atoms with van der Waals surface area (Å²) in [6.45, 7) is 28.0. The van der Waals surface area contributed by atoms with Gasteiger partial charge < -0.3 is 29.2 Å². The van der Waals surface area contributed by atoms with Crippen molar-refractivity contribution in [3.8, 4) is 0 Å².